The third-order valence-electron chi connectivity index (χ3n) is 3.09. The van der Waals surface area contributed by atoms with Crippen molar-refractivity contribution in [3.63, 3.8) is 0 Å². The quantitative estimate of drug-likeness (QED) is 0.754. The van der Waals surface area contributed by atoms with Crippen molar-refractivity contribution in [3.8, 4) is 0 Å². The van der Waals surface area contributed by atoms with Crippen LogP contribution >= 0.6 is 0 Å². The molecule has 94 valence electrons. The molecule has 1 aliphatic rings. The van der Waals surface area contributed by atoms with Gasteiger partial charge in [0.1, 0.15) is 0 Å². The van der Waals surface area contributed by atoms with Crippen molar-refractivity contribution in [1.82, 2.24) is 0 Å². The van der Waals surface area contributed by atoms with E-state index >= 15 is 0 Å². The molecule has 4 nitrogen and oxygen atoms in total. The summed E-state index contributed by atoms with van der Waals surface area (Å²) in [6, 6.07) is 3.62. The lowest BCUT2D eigenvalue weighted by atomic mass is 10.1. The minimum atomic E-state index is -0.0274. The first-order valence-electron chi connectivity index (χ1n) is 6.18. The summed E-state index contributed by atoms with van der Waals surface area (Å²) in [5, 5.41) is 0. The number of ketones is 1. The predicted octanol–water partition coefficient (Wildman–Crippen LogP) is 2.49. The lowest BCUT2D eigenvalue weighted by Gasteiger charge is -2.31. The normalized spacial score (nSPS) is 17.4. The van der Waals surface area contributed by atoms with E-state index in [4.69, 9.17) is 9.15 Å². The van der Waals surface area contributed by atoms with Crippen LogP contribution in [0.2, 0.25) is 0 Å². The van der Waals surface area contributed by atoms with Crippen LogP contribution in [0.3, 0.4) is 0 Å². The van der Waals surface area contributed by atoms with Crippen LogP contribution in [0, 0.1) is 0 Å². The summed E-state index contributed by atoms with van der Waals surface area (Å²) in [7, 11) is 0. The number of hydrogen-bond donors (Lipinski definition) is 0. The lowest BCUT2D eigenvalue weighted by molar-refractivity contribution is 0.0454. The molecule has 1 aromatic rings. The summed E-state index contributed by atoms with van der Waals surface area (Å²) in [6.07, 6.45) is 2.41. The molecule has 0 atom stereocenters. The zero-order valence-corrected chi connectivity index (χ0v) is 10.4. The Bertz CT molecular complexity index is 378. The van der Waals surface area contributed by atoms with E-state index in [1.165, 1.54) is 6.92 Å². The maximum absolute atomic E-state index is 11.1. The second-order valence-electron chi connectivity index (χ2n) is 4.34. The van der Waals surface area contributed by atoms with E-state index in [1.54, 1.807) is 6.07 Å². The minimum absolute atomic E-state index is 0.0274. The van der Waals surface area contributed by atoms with Gasteiger partial charge in [-0.2, -0.15) is 0 Å². The van der Waals surface area contributed by atoms with E-state index in [-0.39, 0.29) is 5.78 Å². The van der Waals surface area contributed by atoms with Gasteiger partial charge in [0.2, 0.25) is 0 Å². The van der Waals surface area contributed by atoms with Gasteiger partial charge in [-0.3, -0.25) is 4.79 Å². The Kier molecular flexibility index (Phi) is 3.84. The van der Waals surface area contributed by atoms with Crippen molar-refractivity contribution < 1.29 is 13.9 Å². The zero-order valence-electron chi connectivity index (χ0n) is 10.4. The van der Waals surface area contributed by atoms with Crippen LogP contribution in [0.4, 0.5) is 5.88 Å². The second-order valence-corrected chi connectivity index (χ2v) is 4.34. The van der Waals surface area contributed by atoms with E-state index in [9.17, 15) is 4.79 Å². The van der Waals surface area contributed by atoms with Gasteiger partial charge in [0.25, 0.3) is 0 Å². The average Bonchev–Trinajstić information content (AvgIpc) is 2.80. The van der Waals surface area contributed by atoms with E-state index in [2.05, 4.69) is 4.90 Å². The number of furan rings is 1. The highest BCUT2D eigenvalue weighted by Crippen LogP contribution is 2.23. The van der Waals surface area contributed by atoms with Crippen LogP contribution in [0.1, 0.15) is 37.2 Å². The first-order valence-corrected chi connectivity index (χ1v) is 6.18. The Morgan fingerprint density at radius 1 is 1.47 bits per heavy atom. The van der Waals surface area contributed by atoms with Gasteiger partial charge < -0.3 is 14.1 Å². The second kappa shape index (κ2) is 5.36. The summed E-state index contributed by atoms with van der Waals surface area (Å²) in [4.78, 5) is 13.3. The standard InChI is InChI=1S/C13H19NO3/c1-3-16-11-6-8-14(9-7-11)13-5-4-12(17-13)10(2)15/h4-5,11H,3,6-9H2,1-2H3. The van der Waals surface area contributed by atoms with Gasteiger partial charge in [-0.1, -0.05) is 0 Å². The van der Waals surface area contributed by atoms with E-state index in [0.29, 0.717) is 11.9 Å². The molecule has 2 rings (SSSR count). The first kappa shape index (κ1) is 12.2. The van der Waals surface area contributed by atoms with Gasteiger partial charge >= 0.3 is 0 Å². The Balaban J connectivity index is 1.93. The SMILES string of the molecule is CCOC1CCN(c2ccc(C(C)=O)o2)CC1. The molecule has 1 saturated heterocycles. The van der Waals surface area contributed by atoms with E-state index < -0.39 is 0 Å². The highest BCUT2D eigenvalue weighted by molar-refractivity contribution is 5.91. The first-order chi connectivity index (χ1) is 8.20. The fraction of sp³-hybridized carbons (Fsp3) is 0.615. The summed E-state index contributed by atoms with van der Waals surface area (Å²) in [5.74, 6) is 1.21. The molecule has 0 saturated carbocycles. The molecular weight excluding hydrogens is 218 g/mol. The predicted molar refractivity (Wildman–Crippen MR) is 65.6 cm³/mol. The number of carbonyl (C=O) groups excluding carboxylic acids is 1. The van der Waals surface area contributed by atoms with Gasteiger partial charge in [0, 0.05) is 32.7 Å². The molecule has 0 aromatic carbocycles. The largest absolute Gasteiger partial charge is 0.437 e. The van der Waals surface area contributed by atoms with Gasteiger partial charge in [0.15, 0.2) is 17.4 Å². The Morgan fingerprint density at radius 2 is 2.18 bits per heavy atom. The van der Waals surface area contributed by atoms with Crippen molar-refractivity contribution in [3.05, 3.63) is 17.9 Å². The zero-order chi connectivity index (χ0) is 12.3. The van der Waals surface area contributed by atoms with Crippen LogP contribution in [-0.4, -0.2) is 31.6 Å². The molecule has 0 N–H and O–H groups in total. The highest BCUT2D eigenvalue weighted by Gasteiger charge is 2.21. The Labute approximate surface area is 102 Å². The van der Waals surface area contributed by atoms with Gasteiger partial charge in [0.05, 0.1) is 6.10 Å². The van der Waals surface area contributed by atoms with E-state index in [0.717, 1.165) is 38.4 Å². The van der Waals surface area contributed by atoms with Crippen LogP contribution < -0.4 is 4.90 Å². The van der Waals surface area contributed by atoms with Crippen molar-refractivity contribution >= 4 is 11.7 Å². The molecule has 1 fully saturated rings. The average molecular weight is 237 g/mol. The smallest absolute Gasteiger partial charge is 0.196 e. The van der Waals surface area contributed by atoms with Crippen molar-refractivity contribution in [2.24, 2.45) is 0 Å². The summed E-state index contributed by atoms with van der Waals surface area (Å²) >= 11 is 0. The monoisotopic (exact) mass is 237 g/mol. The summed E-state index contributed by atoms with van der Waals surface area (Å²) < 4.78 is 11.1. The van der Waals surface area contributed by atoms with E-state index in [1.807, 2.05) is 13.0 Å². The number of hydrogen-bond acceptors (Lipinski definition) is 4. The molecule has 4 heteroatoms. The summed E-state index contributed by atoms with van der Waals surface area (Å²) in [5.41, 5.74) is 0. The number of nitrogens with zero attached hydrogens (tertiary/aromatic N) is 1. The lowest BCUT2D eigenvalue weighted by Crippen LogP contribution is -2.36. The number of rotatable bonds is 4. The molecule has 2 heterocycles. The molecule has 0 aliphatic carbocycles. The minimum Gasteiger partial charge on any atom is -0.437 e. The molecule has 1 aromatic heterocycles. The maximum Gasteiger partial charge on any atom is 0.196 e. The van der Waals surface area contributed by atoms with Gasteiger partial charge in [-0.25, -0.2) is 0 Å². The Morgan fingerprint density at radius 3 is 2.71 bits per heavy atom. The Hall–Kier alpha value is -1.29. The molecule has 0 spiro atoms. The number of carbonyl (C=O) groups is 1. The van der Waals surface area contributed by atoms with Gasteiger partial charge in [-0.15, -0.1) is 0 Å². The molecule has 0 bridgehead atoms. The van der Waals surface area contributed by atoms with Crippen molar-refractivity contribution in [2.45, 2.75) is 32.8 Å². The molecule has 17 heavy (non-hydrogen) atoms. The van der Waals surface area contributed by atoms with Crippen LogP contribution in [0.15, 0.2) is 16.5 Å². The van der Waals surface area contributed by atoms with Crippen molar-refractivity contribution in [2.75, 3.05) is 24.6 Å². The highest BCUT2D eigenvalue weighted by atomic mass is 16.5. The molecule has 0 radical (unpaired) electrons. The van der Waals surface area contributed by atoms with Crippen LogP contribution in [-0.2, 0) is 4.74 Å². The fourth-order valence-corrected chi connectivity index (χ4v) is 2.17. The molecule has 1 aliphatic heterocycles. The third-order valence-corrected chi connectivity index (χ3v) is 3.09. The third kappa shape index (κ3) is 2.88. The number of anilines is 1. The maximum atomic E-state index is 11.1. The number of Topliss-reactive ketones (excluding diaryl/α,β-unsaturated/α-hetero) is 1. The van der Waals surface area contributed by atoms with Crippen molar-refractivity contribution in [1.29, 1.82) is 0 Å². The van der Waals surface area contributed by atoms with Gasteiger partial charge in [-0.05, 0) is 25.8 Å². The molecule has 0 amide bonds. The molecular formula is C13H19NO3. The number of ether oxygens (including phenoxy) is 1. The summed E-state index contributed by atoms with van der Waals surface area (Å²) in [6.45, 7) is 6.17. The van der Waals surface area contributed by atoms with Crippen LogP contribution in [0.25, 0.3) is 0 Å². The van der Waals surface area contributed by atoms with Crippen LogP contribution in [0.5, 0.6) is 0 Å². The fourth-order valence-electron chi connectivity index (χ4n) is 2.17. The molecule has 0 unspecified atom stereocenters. The topological polar surface area (TPSA) is 42.7 Å². The number of piperidine rings is 1.